The molecule has 2 rings (SSSR count). The highest BCUT2D eigenvalue weighted by Gasteiger charge is 1.95. The first-order valence-corrected chi connectivity index (χ1v) is 5.95. The summed E-state index contributed by atoms with van der Waals surface area (Å²) in [5.41, 5.74) is 11.0. The van der Waals surface area contributed by atoms with Gasteiger partial charge in [0.2, 0.25) is 0 Å². The lowest BCUT2D eigenvalue weighted by Gasteiger charge is -2.06. The third-order valence-corrected chi connectivity index (χ3v) is 2.71. The van der Waals surface area contributed by atoms with Crippen LogP contribution in [0.2, 0.25) is 0 Å². The van der Waals surface area contributed by atoms with Crippen molar-refractivity contribution in [1.82, 2.24) is 0 Å². The number of rotatable bonds is 5. The lowest BCUT2D eigenvalue weighted by Crippen LogP contribution is -2.04. The number of aromatic hydroxyl groups is 1. The molecule has 0 bridgehead atoms. The van der Waals surface area contributed by atoms with Gasteiger partial charge in [0.1, 0.15) is 5.75 Å². The van der Waals surface area contributed by atoms with Gasteiger partial charge in [-0.2, -0.15) is 0 Å². The largest absolute Gasteiger partial charge is 0.508 e. The first kappa shape index (κ1) is 12.8. The molecule has 5 heteroatoms. The molecule has 2 aromatic rings. The third kappa shape index (κ3) is 3.94. The van der Waals surface area contributed by atoms with E-state index in [0.717, 1.165) is 24.2 Å². The van der Waals surface area contributed by atoms with E-state index in [0.29, 0.717) is 5.69 Å². The number of hydrogen-bond donors (Lipinski definition) is 2. The number of nitrogens with one attached hydrogen (secondary N) is 1. The van der Waals surface area contributed by atoms with E-state index >= 15 is 0 Å². The molecule has 0 heterocycles. The lowest BCUT2D eigenvalue weighted by atomic mass is 10.1. The molecule has 0 aromatic heterocycles. The van der Waals surface area contributed by atoms with E-state index < -0.39 is 0 Å². The van der Waals surface area contributed by atoms with Crippen LogP contribution < -0.4 is 5.32 Å². The number of anilines is 1. The number of phenolic OH excluding ortho intramolecular Hbond substituents is 1. The summed E-state index contributed by atoms with van der Waals surface area (Å²) in [5, 5.41) is 16.0. The first-order chi connectivity index (χ1) is 9.28. The number of benzene rings is 2. The maximum absolute atomic E-state index is 9.18. The van der Waals surface area contributed by atoms with Crippen LogP contribution in [-0.2, 0) is 6.42 Å². The van der Waals surface area contributed by atoms with Crippen LogP contribution in [0, 0.1) is 0 Å². The van der Waals surface area contributed by atoms with Crippen molar-refractivity contribution >= 4 is 11.4 Å². The highest BCUT2D eigenvalue weighted by atomic mass is 16.3. The molecule has 0 aliphatic carbocycles. The monoisotopic (exact) mass is 254 g/mol. The molecule has 0 aliphatic rings. The fourth-order valence-corrected chi connectivity index (χ4v) is 1.71. The molecule has 0 fully saturated rings. The van der Waals surface area contributed by atoms with Gasteiger partial charge < -0.3 is 10.4 Å². The van der Waals surface area contributed by atoms with Gasteiger partial charge in [-0.15, -0.1) is 0 Å². The van der Waals surface area contributed by atoms with Crippen LogP contribution in [0.5, 0.6) is 5.75 Å². The summed E-state index contributed by atoms with van der Waals surface area (Å²) in [6, 6.07) is 14.5. The molecular weight excluding hydrogens is 240 g/mol. The molecule has 96 valence electrons. The van der Waals surface area contributed by atoms with Crippen LogP contribution in [0.3, 0.4) is 0 Å². The minimum atomic E-state index is 0.283. The average molecular weight is 254 g/mol. The van der Waals surface area contributed by atoms with Crippen molar-refractivity contribution in [1.29, 1.82) is 0 Å². The van der Waals surface area contributed by atoms with Gasteiger partial charge in [0.15, 0.2) is 0 Å². The minimum absolute atomic E-state index is 0.283. The van der Waals surface area contributed by atoms with E-state index in [1.807, 2.05) is 24.3 Å². The van der Waals surface area contributed by atoms with Crippen LogP contribution in [0.25, 0.3) is 10.4 Å². The predicted molar refractivity (Wildman–Crippen MR) is 75.5 cm³/mol. The second-order valence-electron chi connectivity index (χ2n) is 4.08. The maximum atomic E-state index is 9.18. The molecule has 0 unspecified atom stereocenters. The lowest BCUT2D eigenvalue weighted by molar-refractivity contribution is 0.475. The Labute approximate surface area is 111 Å². The van der Waals surface area contributed by atoms with Crippen molar-refractivity contribution in [2.45, 2.75) is 6.42 Å². The molecule has 0 amide bonds. The number of hydrogen-bond acceptors (Lipinski definition) is 3. The van der Waals surface area contributed by atoms with Crippen LogP contribution in [0.4, 0.5) is 11.4 Å². The summed E-state index contributed by atoms with van der Waals surface area (Å²) in [4.78, 5) is 2.73. The second kappa shape index (κ2) is 6.33. The maximum Gasteiger partial charge on any atom is 0.115 e. The number of azide groups is 1. The molecule has 0 radical (unpaired) electrons. The van der Waals surface area contributed by atoms with E-state index in [9.17, 15) is 5.11 Å². The van der Waals surface area contributed by atoms with Crippen LogP contribution in [-0.4, -0.2) is 11.7 Å². The van der Waals surface area contributed by atoms with Crippen molar-refractivity contribution < 1.29 is 5.11 Å². The molecular formula is C14H14N4O. The third-order valence-electron chi connectivity index (χ3n) is 2.71. The molecule has 0 saturated carbocycles. The summed E-state index contributed by atoms with van der Waals surface area (Å²) in [6.45, 7) is 0.797. The Bertz CT molecular complexity index is 571. The van der Waals surface area contributed by atoms with Crippen molar-refractivity contribution in [2.24, 2.45) is 5.11 Å². The Morgan fingerprint density at radius 2 is 1.74 bits per heavy atom. The Kier molecular flexibility index (Phi) is 4.26. The van der Waals surface area contributed by atoms with E-state index in [1.165, 1.54) is 0 Å². The summed E-state index contributed by atoms with van der Waals surface area (Å²) in [5.74, 6) is 0.283. The van der Waals surface area contributed by atoms with E-state index in [-0.39, 0.29) is 5.75 Å². The Morgan fingerprint density at radius 1 is 1.05 bits per heavy atom. The number of nitrogens with zero attached hydrogens (tertiary/aromatic N) is 3. The van der Waals surface area contributed by atoms with Gasteiger partial charge in [-0.05, 0) is 41.8 Å². The minimum Gasteiger partial charge on any atom is -0.508 e. The fraction of sp³-hybridized carbons (Fsp3) is 0.143. The molecule has 2 aromatic carbocycles. The topological polar surface area (TPSA) is 81.0 Å². The summed E-state index contributed by atoms with van der Waals surface area (Å²) in [7, 11) is 0. The van der Waals surface area contributed by atoms with Gasteiger partial charge in [-0.1, -0.05) is 29.4 Å². The summed E-state index contributed by atoms with van der Waals surface area (Å²) >= 11 is 0. The van der Waals surface area contributed by atoms with E-state index in [4.69, 9.17) is 5.53 Å². The zero-order chi connectivity index (χ0) is 13.5. The zero-order valence-electron chi connectivity index (χ0n) is 10.3. The Hall–Kier alpha value is -2.65. The van der Waals surface area contributed by atoms with Crippen LogP contribution in [0.15, 0.2) is 53.6 Å². The highest BCUT2D eigenvalue weighted by molar-refractivity contribution is 5.50. The molecule has 0 spiro atoms. The van der Waals surface area contributed by atoms with E-state index in [2.05, 4.69) is 15.3 Å². The molecule has 19 heavy (non-hydrogen) atoms. The zero-order valence-corrected chi connectivity index (χ0v) is 10.3. The summed E-state index contributed by atoms with van der Waals surface area (Å²) < 4.78 is 0. The first-order valence-electron chi connectivity index (χ1n) is 5.95. The molecule has 0 atom stereocenters. The van der Waals surface area contributed by atoms with Crippen molar-refractivity contribution in [3.05, 3.63) is 64.5 Å². The fourth-order valence-electron chi connectivity index (χ4n) is 1.71. The standard InChI is InChI=1S/C14H14N4O/c15-18-17-13-5-3-12(4-6-13)16-10-9-11-1-7-14(19)8-2-11/h1-8,16,19H,9-10H2. The Morgan fingerprint density at radius 3 is 2.37 bits per heavy atom. The van der Waals surface area contributed by atoms with Gasteiger partial charge in [0.25, 0.3) is 0 Å². The highest BCUT2D eigenvalue weighted by Crippen LogP contribution is 2.16. The molecule has 5 nitrogen and oxygen atoms in total. The van der Waals surface area contributed by atoms with Crippen LogP contribution in [0.1, 0.15) is 5.56 Å². The Balaban J connectivity index is 1.85. The second-order valence-corrected chi connectivity index (χ2v) is 4.08. The molecule has 0 saturated heterocycles. The quantitative estimate of drug-likeness (QED) is 0.480. The molecule has 0 aliphatic heterocycles. The normalized spacial score (nSPS) is 9.68. The van der Waals surface area contributed by atoms with Gasteiger partial charge >= 0.3 is 0 Å². The summed E-state index contributed by atoms with van der Waals surface area (Å²) in [6.07, 6.45) is 0.873. The van der Waals surface area contributed by atoms with Gasteiger partial charge in [-0.3, -0.25) is 0 Å². The van der Waals surface area contributed by atoms with E-state index in [1.54, 1.807) is 24.3 Å². The van der Waals surface area contributed by atoms with Crippen molar-refractivity contribution in [3.63, 3.8) is 0 Å². The molecule has 2 N–H and O–H groups in total. The van der Waals surface area contributed by atoms with Crippen LogP contribution >= 0.6 is 0 Å². The van der Waals surface area contributed by atoms with Crippen molar-refractivity contribution in [2.75, 3.05) is 11.9 Å². The van der Waals surface area contributed by atoms with Gasteiger partial charge in [0.05, 0.1) is 0 Å². The smallest absolute Gasteiger partial charge is 0.115 e. The van der Waals surface area contributed by atoms with Gasteiger partial charge in [0, 0.05) is 22.8 Å². The predicted octanol–water partition coefficient (Wildman–Crippen LogP) is 3.99. The SMILES string of the molecule is [N-]=[N+]=Nc1ccc(NCCc2ccc(O)cc2)cc1. The van der Waals surface area contributed by atoms with Gasteiger partial charge in [-0.25, -0.2) is 0 Å². The van der Waals surface area contributed by atoms with Crippen molar-refractivity contribution in [3.8, 4) is 5.75 Å². The average Bonchev–Trinajstić information content (AvgIpc) is 2.43. The number of phenols is 1.